The fourth-order valence-corrected chi connectivity index (χ4v) is 2.46. The molecule has 0 unspecified atom stereocenters. The van der Waals surface area contributed by atoms with E-state index in [0.29, 0.717) is 34.0 Å². The molecule has 1 N–H and O–H groups in total. The highest BCUT2D eigenvalue weighted by molar-refractivity contribution is 6.34. The largest absolute Gasteiger partial charge is 0.497 e. The van der Waals surface area contributed by atoms with Crippen LogP contribution in [0.3, 0.4) is 0 Å². The van der Waals surface area contributed by atoms with Crippen molar-refractivity contribution in [1.82, 2.24) is 0 Å². The average molecular weight is 332 g/mol. The van der Waals surface area contributed by atoms with E-state index < -0.39 is 0 Å². The van der Waals surface area contributed by atoms with Crippen LogP contribution in [0.4, 0.5) is 5.69 Å². The molecule has 0 bridgehead atoms. The summed E-state index contributed by atoms with van der Waals surface area (Å²) in [7, 11) is 1.58. The smallest absolute Gasteiger partial charge is 0.257 e. The molecule has 2 aromatic carbocycles. The molecule has 0 heterocycles. The maximum Gasteiger partial charge on any atom is 0.257 e. The summed E-state index contributed by atoms with van der Waals surface area (Å²) in [5, 5.41) is 3.12. The lowest BCUT2D eigenvalue weighted by Crippen LogP contribution is -2.16. The first-order valence-electron chi connectivity index (χ1n) is 7.29. The van der Waals surface area contributed by atoms with Gasteiger partial charge < -0.3 is 10.1 Å². The van der Waals surface area contributed by atoms with Crippen LogP contribution < -0.4 is 10.1 Å². The molecular weight excluding hydrogens is 314 g/mol. The Morgan fingerprint density at radius 1 is 1.13 bits per heavy atom. The summed E-state index contributed by atoms with van der Waals surface area (Å²) < 4.78 is 5.08. The van der Waals surface area contributed by atoms with Crippen LogP contribution in [-0.4, -0.2) is 18.8 Å². The monoisotopic (exact) mass is 331 g/mol. The summed E-state index contributed by atoms with van der Waals surface area (Å²) in [6.07, 6.45) is 0.620. The number of ketones is 1. The lowest BCUT2D eigenvalue weighted by atomic mass is 10.0. The summed E-state index contributed by atoms with van der Waals surface area (Å²) >= 11 is 6.17. The summed E-state index contributed by atoms with van der Waals surface area (Å²) in [5.41, 5.74) is 1.60. The van der Waals surface area contributed by atoms with Gasteiger partial charge >= 0.3 is 0 Å². The molecular formula is C18H18ClNO3. The Balaban J connectivity index is 2.25. The van der Waals surface area contributed by atoms with Crippen LogP contribution in [0.25, 0.3) is 0 Å². The van der Waals surface area contributed by atoms with Crippen molar-refractivity contribution in [1.29, 1.82) is 0 Å². The van der Waals surface area contributed by atoms with Gasteiger partial charge in [0.05, 0.1) is 17.7 Å². The summed E-state index contributed by atoms with van der Waals surface area (Å²) in [6, 6.07) is 12.1. The maximum atomic E-state index is 12.5. The molecule has 0 aromatic heterocycles. The molecule has 0 saturated heterocycles. The van der Waals surface area contributed by atoms with Crippen LogP contribution in [0, 0.1) is 0 Å². The van der Waals surface area contributed by atoms with Crippen molar-refractivity contribution in [3.63, 3.8) is 0 Å². The SMILES string of the molecule is CCC(=O)Cc1cccc(Cl)c1C(=O)Nc1ccc(OC)cc1. The van der Waals surface area contributed by atoms with E-state index >= 15 is 0 Å². The molecule has 0 radical (unpaired) electrons. The molecule has 0 spiro atoms. The number of methoxy groups -OCH3 is 1. The van der Waals surface area contributed by atoms with E-state index in [4.69, 9.17) is 16.3 Å². The van der Waals surface area contributed by atoms with Crippen molar-refractivity contribution >= 4 is 29.0 Å². The molecule has 0 aliphatic carbocycles. The maximum absolute atomic E-state index is 12.5. The van der Waals surface area contributed by atoms with Crippen LogP contribution in [0.15, 0.2) is 42.5 Å². The molecule has 0 saturated carbocycles. The van der Waals surface area contributed by atoms with Crippen LogP contribution in [-0.2, 0) is 11.2 Å². The molecule has 0 fully saturated rings. The van der Waals surface area contributed by atoms with Crippen LogP contribution in [0.5, 0.6) is 5.75 Å². The highest BCUT2D eigenvalue weighted by atomic mass is 35.5. The number of amides is 1. The summed E-state index contributed by atoms with van der Waals surface area (Å²) in [5.74, 6) is 0.431. The van der Waals surface area contributed by atoms with Gasteiger partial charge in [-0.1, -0.05) is 30.7 Å². The predicted molar refractivity (Wildman–Crippen MR) is 91.4 cm³/mol. The third-order valence-electron chi connectivity index (χ3n) is 3.46. The Morgan fingerprint density at radius 3 is 2.43 bits per heavy atom. The zero-order valence-corrected chi connectivity index (χ0v) is 13.8. The van der Waals surface area contributed by atoms with Gasteiger partial charge in [0.15, 0.2) is 0 Å². The number of ether oxygens (including phenoxy) is 1. The lowest BCUT2D eigenvalue weighted by Gasteiger charge is -2.12. The second-order valence-corrected chi connectivity index (χ2v) is 5.43. The lowest BCUT2D eigenvalue weighted by molar-refractivity contribution is -0.118. The van der Waals surface area contributed by atoms with Gasteiger partial charge in [-0.2, -0.15) is 0 Å². The second-order valence-electron chi connectivity index (χ2n) is 5.03. The Bertz CT molecular complexity index is 711. The Kier molecular flexibility index (Phi) is 5.77. The second kappa shape index (κ2) is 7.79. The molecule has 23 heavy (non-hydrogen) atoms. The van der Waals surface area contributed by atoms with Crippen molar-refractivity contribution < 1.29 is 14.3 Å². The van der Waals surface area contributed by atoms with Gasteiger partial charge in [0.25, 0.3) is 5.91 Å². The molecule has 1 amide bonds. The minimum absolute atomic E-state index is 0.0609. The van der Waals surface area contributed by atoms with Gasteiger partial charge in [-0.3, -0.25) is 9.59 Å². The first-order chi connectivity index (χ1) is 11.0. The van der Waals surface area contributed by atoms with E-state index in [9.17, 15) is 9.59 Å². The van der Waals surface area contributed by atoms with E-state index in [2.05, 4.69) is 5.32 Å². The number of carbonyl (C=O) groups excluding carboxylic acids is 2. The van der Waals surface area contributed by atoms with Gasteiger partial charge in [0.1, 0.15) is 11.5 Å². The molecule has 2 rings (SSSR count). The number of anilines is 1. The van der Waals surface area contributed by atoms with E-state index in [1.165, 1.54) is 0 Å². The van der Waals surface area contributed by atoms with Crippen molar-refractivity contribution in [3.8, 4) is 5.75 Å². The predicted octanol–water partition coefficient (Wildman–Crippen LogP) is 4.12. The first-order valence-corrected chi connectivity index (χ1v) is 7.67. The Labute approximate surface area is 140 Å². The van der Waals surface area contributed by atoms with E-state index in [1.807, 2.05) is 0 Å². The number of rotatable bonds is 6. The number of carbonyl (C=O) groups is 2. The zero-order chi connectivity index (χ0) is 16.8. The molecule has 0 atom stereocenters. The molecule has 5 heteroatoms. The molecule has 120 valence electrons. The van der Waals surface area contributed by atoms with Gasteiger partial charge in [0.2, 0.25) is 0 Å². The van der Waals surface area contributed by atoms with E-state index in [1.54, 1.807) is 56.5 Å². The number of Topliss-reactive ketones (excluding diaryl/α,β-unsaturated/α-hetero) is 1. The number of halogens is 1. The fraction of sp³-hybridized carbons (Fsp3) is 0.222. The Morgan fingerprint density at radius 2 is 1.83 bits per heavy atom. The molecule has 4 nitrogen and oxygen atoms in total. The van der Waals surface area contributed by atoms with Crippen molar-refractivity contribution in [2.75, 3.05) is 12.4 Å². The van der Waals surface area contributed by atoms with Crippen LogP contribution >= 0.6 is 11.6 Å². The molecule has 2 aromatic rings. The van der Waals surface area contributed by atoms with Crippen LogP contribution in [0.1, 0.15) is 29.3 Å². The third-order valence-corrected chi connectivity index (χ3v) is 3.77. The van der Waals surface area contributed by atoms with Gasteiger partial charge in [-0.15, -0.1) is 0 Å². The quantitative estimate of drug-likeness (QED) is 0.866. The van der Waals surface area contributed by atoms with Crippen molar-refractivity contribution in [3.05, 3.63) is 58.6 Å². The van der Waals surface area contributed by atoms with Gasteiger partial charge in [0, 0.05) is 18.5 Å². The average Bonchev–Trinajstić information content (AvgIpc) is 2.55. The fourth-order valence-electron chi connectivity index (χ4n) is 2.18. The summed E-state index contributed by atoms with van der Waals surface area (Å²) in [6.45, 7) is 1.80. The minimum atomic E-state index is -0.334. The Hall–Kier alpha value is -2.33. The van der Waals surface area contributed by atoms with Gasteiger partial charge in [-0.05, 0) is 35.9 Å². The number of hydrogen-bond donors (Lipinski definition) is 1. The number of nitrogens with one attached hydrogen (secondary N) is 1. The summed E-state index contributed by atoms with van der Waals surface area (Å²) in [4.78, 5) is 24.2. The number of benzene rings is 2. The van der Waals surface area contributed by atoms with Gasteiger partial charge in [-0.25, -0.2) is 0 Å². The molecule has 0 aliphatic rings. The van der Waals surface area contributed by atoms with Crippen molar-refractivity contribution in [2.24, 2.45) is 0 Å². The molecule has 0 aliphatic heterocycles. The highest BCUT2D eigenvalue weighted by Gasteiger charge is 2.17. The van der Waals surface area contributed by atoms with Crippen molar-refractivity contribution in [2.45, 2.75) is 19.8 Å². The van der Waals surface area contributed by atoms with E-state index in [-0.39, 0.29) is 18.1 Å². The van der Waals surface area contributed by atoms with E-state index in [0.717, 1.165) is 0 Å². The zero-order valence-electron chi connectivity index (χ0n) is 13.1. The standard InChI is InChI=1S/C18H18ClNO3/c1-3-14(21)11-12-5-4-6-16(19)17(12)18(22)20-13-7-9-15(23-2)10-8-13/h4-10H,3,11H2,1-2H3,(H,20,22). The minimum Gasteiger partial charge on any atom is -0.497 e. The topological polar surface area (TPSA) is 55.4 Å². The first kappa shape index (κ1) is 17.0. The normalized spacial score (nSPS) is 10.2. The van der Waals surface area contributed by atoms with Crippen LogP contribution in [0.2, 0.25) is 5.02 Å². The number of hydrogen-bond acceptors (Lipinski definition) is 3. The third kappa shape index (κ3) is 4.33. The highest BCUT2D eigenvalue weighted by Crippen LogP contribution is 2.23.